The highest BCUT2D eigenvalue weighted by Gasteiger charge is 1.94. The van der Waals surface area contributed by atoms with Crippen molar-refractivity contribution in [3.8, 4) is 0 Å². The molecule has 0 radical (unpaired) electrons. The van der Waals surface area contributed by atoms with Crippen LogP contribution in [0.15, 0.2) is 25.2 Å². The summed E-state index contributed by atoms with van der Waals surface area (Å²) >= 11 is 0. The van der Waals surface area contributed by atoms with Crippen molar-refractivity contribution in [2.24, 2.45) is 5.73 Å². The topological polar surface area (TPSA) is 51.8 Å². The molecule has 0 aliphatic heterocycles. The van der Waals surface area contributed by atoms with Gasteiger partial charge in [0, 0.05) is 12.7 Å². The van der Waals surface area contributed by atoms with E-state index in [1.807, 2.05) is 0 Å². The highest BCUT2D eigenvalue weighted by molar-refractivity contribution is 5.60. The average Bonchev–Trinajstić information content (AvgIpc) is 2.05. The summed E-state index contributed by atoms with van der Waals surface area (Å²) in [7, 11) is 0. The highest BCUT2D eigenvalue weighted by atomic mass is 14.8. The maximum Gasteiger partial charge on any atom is 0.116 e. The molecule has 2 N–H and O–H groups in total. The van der Waals surface area contributed by atoms with Crippen LogP contribution in [-0.4, -0.2) is 16.5 Å². The first-order chi connectivity index (χ1) is 4.84. The third-order valence-corrected chi connectivity index (χ3v) is 1.19. The lowest BCUT2D eigenvalue weighted by atomic mass is 10.2. The first-order valence-corrected chi connectivity index (χ1v) is 2.99. The minimum atomic E-state index is 0.441. The Kier molecular flexibility index (Phi) is 2.12. The summed E-state index contributed by atoms with van der Waals surface area (Å²) in [5.41, 5.74) is 7.00. The van der Waals surface area contributed by atoms with Gasteiger partial charge in [-0.25, -0.2) is 9.97 Å². The summed E-state index contributed by atoms with van der Waals surface area (Å²) in [4.78, 5) is 7.73. The van der Waals surface area contributed by atoms with Gasteiger partial charge < -0.3 is 5.73 Å². The van der Waals surface area contributed by atoms with E-state index in [1.165, 1.54) is 6.33 Å². The fourth-order valence-electron chi connectivity index (χ4n) is 0.604. The molecule has 0 saturated carbocycles. The molecule has 0 bridgehead atoms. The van der Waals surface area contributed by atoms with E-state index >= 15 is 0 Å². The smallest absolute Gasteiger partial charge is 0.116 e. The zero-order valence-corrected chi connectivity index (χ0v) is 5.62. The van der Waals surface area contributed by atoms with Gasteiger partial charge in [-0.15, -0.1) is 0 Å². The molecule has 0 saturated heterocycles. The van der Waals surface area contributed by atoms with E-state index in [1.54, 1.807) is 12.3 Å². The Morgan fingerprint density at radius 1 is 1.70 bits per heavy atom. The number of aromatic nitrogens is 2. The molecule has 10 heavy (non-hydrogen) atoms. The Morgan fingerprint density at radius 2 is 2.50 bits per heavy atom. The Balaban J connectivity index is 2.85. The van der Waals surface area contributed by atoms with Gasteiger partial charge in [0.2, 0.25) is 0 Å². The Bertz CT molecular complexity index is 218. The van der Waals surface area contributed by atoms with Crippen LogP contribution in [0.25, 0.3) is 5.57 Å². The molecule has 1 aromatic rings. The van der Waals surface area contributed by atoms with Crippen molar-refractivity contribution in [1.29, 1.82) is 0 Å². The minimum absolute atomic E-state index is 0.441. The van der Waals surface area contributed by atoms with Crippen molar-refractivity contribution in [3.05, 3.63) is 30.9 Å². The predicted octanol–water partition coefficient (Wildman–Crippen LogP) is 0.449. The fourth-order valence-corrected chi connectivity index (χ4v) is 0.604. The summed E-state index contributed by atoms with van der Waals surface area (Å²) in [6.45, 7) is 4.17. The van der Waals surface area contributed by atoms with Crippen LogP contribution in [0.3, 0.4) is 0 Å². The maximum atomic E-state index is 5.34. The van der Waals surface area contributed by atoms with Gasteiger partial charge in [0.1, 0.15) is 6.33 Å². The number of hydrogen-bond donors (Lipinski definition) is 1. The molecular formula is C7H9N3. The lowest BCUT2D eigenvalue weighted by Gasteiger charge is -1.97. The SMILES string of the molecule is C=C(CN)c1ccncn1. The van der Waals surface area contributed by atoms with Gasteiger partial charge >= 0.3 is 0 Å². The lowest BCUT2D eigenvalue weighted by Crippen LogP contribution is -2.02. The van der Waals surface area contributed by atoms with Crippen molar-refractivity contribution in [2.45, 2.75) is 0 Å². The van der Waals surface area contributed by atoms with E-state index in [4.69, 9.17) is 5.73 Å². The molecule has 0 unspecified atom stereocenters. The van der Waals surface area contributed by atoms with Gasteiger partial charge in [-0.2, -0.15) is 0 Å². The van der Waals surface area contributed by atoms with Crippen molar-refractivity contribution in [3.63, 3.8) is 0 Å². The highest BCUT2D eigenvalue weighted by Crippen LogP contribution is 2.03. The van der Waals surface area contributed by atoms with Crippen LogP contribution >= 0.6 is 0 Å². The molecule has 0 amide bonds. The number of nitrogens with two attached hydrogens (primary N) is 1. The molecule has 0 aromatic carbocycles. The summed E-state index contributed by atoms with van der Waals surface area (Å²) in [5, 5.41) is 0. The largest absolute Gasteiger partial charge is 0.326 e. The first-order valence-electron chi connectivity index (χ1n) is 2.99. The summed E-state index contributed by atoms with van der Waals surface area (Å²) in [5.74, 6) is 0. The zero-order valence-electron chi connectivity index (χ0n) is 5.62. The van der Waals surface area contributed by atoms with E-state index < -0.39 is 0 Å². The molecule has 0 fully saturated rings. The molecule has 1 heterocycles. The molecular weight excluding hydrogens is 126 g/mol. The van der Waals surface area contributed by atoms with Crippen LogP contribution in [0, 0.1) is 0 Å². The quantitative estimate of drug-likeness (QED) is 0.640. The van der Waals surface area contributed by atoms with Crippen molar-refractivity contribution < 1.29 is 0 Å². The van der Waals surface area contributed by atoms with Gasteiger partial charge in [-0.1, -0.05) is 6.58 Å². The molecule has 1 rings (SSSR count). The van der Waals surface area contributed by atoms with E-state index in [-0.39, 0.29) is 0 Å². The summed E-state index contributed by atoms with van der Waals surface area (Å²) in [6.07, 6.45) is 3.15. The van der Waals surface area contributed by atoms with Crippen LogP contribution in [0.4, 0.5) is 0 Å². The average molecular weight is 135 g/mol. The standard InChI is InChI=1S/C7H9N3/c1-6(4-8)7-2-3-9-5-10-7/h2-3,5H,1,4,8H2. The first kappa shape index (κ1) is 6.89. The third kappa shape index (κ3) is 1.39. The van der Waals surface area contributed by atoms with Crippen LogP contribution in [0.1, 0.15) is 5.69 Å². The van der Waals surface area contributed by atoms with Crippen molar-refractivity contribution in [2.75, 3.05) is 6.54 Å². The molecule has 3 nitrogen and oxygen atoms in total. The lowest BCUT2D eigenvalue weighted by molar-refractivity contribution is 1.12. The van der Waals surface area contributed by atoms with Gasteiger partial charge in [0.05, 0.1) is 5.69 Å². The second kappa shape index (κ2) is 3.08. The number of hydrogen-bond acceptors (Lipinski definition) is 3. The molecule has 0 aliphatic carbocycles. The van der Waals surface area contributed by atoms with E-state index in [0.29, 0.717) is 6.54 Å². The van der Waals surface area contributed by atoms with E-state index in [9.17, 15) is 0 Å². The molecule has 0 spiro atoms. The summed E-state index contributed by atoms with van der Waals surface area (Å²) < 4.78 is 0. The zero-order chi connectivity index (χ0) is 7.40. The molecule has 0 aliphatic rings. The second-order valence-corrected chi connectivity index (χ2v) is 1.90. The van der Waals surface area contributed by atoms with Crippen LogP contribution in [0.5, 0.6) is 0 Å². The monoisotopic (exact) mass is 135 g/mol. The minimum Gasteiger partial charge on any atom is -0.326 e. The van der Waals surface area contributed by atoms with Gasteiger partial charge in [0.15, 0.2) is 0 Å². The summed E-state index contributed by atoms with van der Waals surface area (Å²) in [6, 6.07) is 1.79. The van der Waals surface area contributed by atoms with Gasteiger partial charge in [-0.3, -0.25) is 0 Å². The fraction of sp³-hybridized carbons (Fsp3) is 0.143. The second-order valence-electron chi connectivity index (χ2n) is 1.90. The Hall–Kier alpha value is -1.22. The van der Waals surface area contributed by atoms with Gasteiger partial charge in [-0.05, 0) is 11.6 Å². The molecule has 1 aromatic heterocycles. The Labute approximate surface area is 59.6 Å². The van der Waals surface area contributed by atoms with Gasteiger partial charge in [0.25, 0.3) is 0 Å². The molecule has 52 valence electrons. The van der Waals surface area contributed by atoms with E-state index in [2.05, 4.69) is 16.5 Å². The van der Waals surface area contributed by atoms with Crippen LogP contribution < -0.4 is 5.73 Å². The molecule has 3 heteroatoms. The number of nitrogens with zero attached hydrogens (tertiary/aromatic N) is 2. The maximum absolute atomic E-state index is 5.34. The van der Waals surface area contributed by atoms with Crippen LogP contribution in [0.2, 0.25) is 0 Å². The third-order valence-electron chi connectivity index (χ3n) is 1.19. The normalized spacial score (nSPS) is 9.30. The Morgan fingerprint density at radius 3 is 3.00 bits per heavy atom. The van der Waals surface area contributed by atoms with Crippen molar-refractivity contribution in [1.82, 2.24) is 9.97 Å². The number of rotatable bonds is 2. The predicted molar refractivity (Wildman–Crippen MR) is 40.1 cm³/mol. The van der Waals surface area contributed by atoms with Crippen molar-refractivity contribution >= 4 is 5.57 Å². The van der Waals surface area contributed by atoms with Crippen LogP contribution in [-0.2, 0) is 0 Å². The van der Waals surface area contributed by atoms with E-state index in [0.717, 1.165) is 11.3 Å². The molecule has 0 atom stereocenters.